The second-order valence-electron chi connectivity index (χ2n) is 8.65. The van der Waals surface area contributed by atoms with Crippen LogP contribution in [0.4, 0.5) is 4.79 Å². The Balaban J connectivity index is 1.64. The first-order chi connectivity index (χ1) is 11.7. The number of amides is 2. The van der Waals surface area contributed by atoms with Gasteiger partial charge < -0.3 is 15.0 Å². The molecule has 0 unspecified atom stereocenters. The molecule has 25 heavy (non-hydrogen) atoms. The van der Waals surface area contributed by atoms with E-state index in [-0.39, 0.29) is 24.0 Å². The molecule has 4 rings (SSSR count). The van der Waals surface area contributed by atoms with E-state index in [1.807, 2.05) is 27.7 Å². The van der Waals surface area contributed by atoms with Crippen molar-refractivity contribution in [2.24, 2.45) is 0 Å². The molecule has 2 fully saturated rings. The van der Waals surface area contributed by atoms with E-state index >= 15 is 0 Å². The molecule has 1 saturated carbocycles. The van der Waals surface area contributed by atoms with Gasteiger partial charge in [-0.3, -0.25) is 4.79 Å². The summed E-state index contributed by atoms with van der Waals surface area (Å²) in [6, 6.07) is 4.35. The molecule has 0 spiro atoms. The van der Waals surface area contributed by atoms with Gasteiger partial charge in [-0.25, -0.2) is 4.79 Å². The molecule has 5 nitrogen and oxygen atoms in total. The van der Waals surface area contributed by atoms with Crippen molar-refractivity contribution in [2.75, 3.05) is 13.1 Å². The summed E-state index contributed by atoms with van der Waals surface area (Å²) < 4.78 is 5.51. The lowest BCUT2D eigenvalue weighted by atomic mass is 9.82. The normalized spacial score (nSPS) is 25.3. The molecule has 2 aliphatic heterocycles. The number of ether oxygens (including phenoxy) is 1. The van der Waals surface area contributed by atoms with Crippen molar-refractivity contribution < 1.29 is 14.3 Å². The zero-order chi connectivity index (χ0) is 17.9. The van der Waals surface area contributed by atoms with Crippen LogP contribution < -0.4 is 5.32 Å². The van der Waals surface area contributed by atoms with Gasteiger partial charge >= 0.3 is 6.09 Å². The van der Waals surface area contributed by atoms with Gasteiger partial charge in [0.25, 0.3) is 5.91 Å². The lowest BCUT2D eigenvalue weighted by Gasteiger charge is -2.29. The highest BCUT2D eigenvalue weighted by Gasteiger charge is 2.44. The SMILES string of the molecule is Cc1cc(C2CC2)cc2c1C(=O)N[C@@H]1CN(C(=O)OC(C)(C)C)C[C@@H]21. The minimum absolute atomic E-state index is 0.0119. The van der Waals surface area contributed by atoms with Gasteiger partial charge in [-0.1, -0.05) is 12.1 Å². The van der Waals surface area contributed by atoms with Gasteiger partial charge in [-0.15, -0.1) is 0 Å². The molecular formula is C20H26N2O3. The number of nitrogens with one attached hydrogen (secondary N) is 1. The van der Waals surface area contributed by atoms with Crippen molar-refractivity contribution in [3.8, 4) is 0 Å². The number of carbonyl (C=O) groups is 2. The van der Waals surface area contributed by atoms with Gasteiger partial charge in [0, 0.05) is 24.6 Å². The van der Waals surface area contributed by atoms with E-state index in [4.69, 9.17) is 4.74 Å². The van der Waals surface area contributed by atoms with Crippen LogP contribution in [0, 0.1) is 6.92 Å². The van der Waals surface area contributed by atoms with Crippen LogP contribution in [0.1, 0.15) is 72.5 Å². The monoisotopic (exact) mass is 342 g/mol. The van der Waals surface area contributed by atoms with Crippen molar-refractivity contribution >= 4 is 12.0 Å². The quantitative estimate of drug-likeness (QED) is 0.852. The van der Waals surface area contributed by atoms with Gasteiger partial charge in [0.15, 0.2) is 0 Å². The standard InChI is InChI=1S/C20H26N2O3/c1-11-7-13(12-5-6-12)8-14-15-9-22(19(24)25-20(2,3)4)10-16(15)21-18(23)17(11)14/h7-8,12,15-16H,5-6,9-10H2,1-4H3,(H,21,23)/t15-,16+/m0/s1. The van der Waals surface area contributed by atoms with Crippen LogP contribution >= 0.6 is 0 Å². The summed E-state index contributed by atoms with van der Waals surface area (Å²) in [5.41, 5.74) is 3.80. The molecule has 2 atom stereocenters. The Morgan fingerprint density at radius 2 is 1.96 bits per heavy atom. The van der Waals surface area contributed by atoms with E-state index in [9.17, 15) is 9.59 Å². The first kappa shape index (κ1) is 16.4. The number of nitrogens with zero attached hydrogens (tertiary/aromatic N) is 1. The zero-order valence-electron chi connectivity index (χ0n) is 15.4. The van der Waals surface area contributed by atoms with Crippen molar-refractivity contribution in [2.45, 2.75) is 64.0 Å². The second kappa shape index (κ2) is 5.48. The minimum atomic E-state index is -0.512. The Bertz CT molecular complexity index is 746. The number of rotatable bonds is 1. The third kappa shape index (κ3) is 3.00. The van der Waals surface area contributed by atoms with Gasteiger partial charge in [-0.05, 0) is 63.1 Å². The molecule has 2 amide bonds. The summed E-state index contributed by atoms with van der Waals surface area (Å²) >= 11 is 0. The fourth-order valence-corrected chi connectivity index (χ4v) is 4.08. The van der Waals surface area contributed by atoms with E-state index in [0.29, 0.717) is 19.0 Å². The Morgan fingerprint density at radius 3 is 2.60 bits per heavy atom. The molecule has 1 saturated heterocycles. The number of hydrogen-bond donors (Lipinski definition) is 1. The predicted molar refractivity (Wildman–Crippen MR) is 95.0 cm³/mol. The first-order valence-corrected chi connectivity index (χ1v) is 9.16. The Kier molecular flexibility index (Phi) is 3.60. The van der Waals surface area contributed by atoms with Crippen molar-refractivity contribution in [3.05, 3.63) is 34.4 Å². The van der Waals surface area contributed by atoms with Crippen molar-refractivity contribution in [1.29, 1.82) is 0 Å². The van der Waals surface area contributed by atoms with Crippen LogP contribution in [-0.2, 0) is 4.74 Å². The highest BCUT2D eigenvalue weighted by Crippen LogP contribution is 2.44. The topological polar surface area (TPSA) is 58.6 Å². The highest BCUT2D eigenvalue weighted by molar-refractivity contribution is 5.99. The summed E-state index contributed by atoms with van der Waals surface area (Å²) in [7, 11) is 0. The van der Waals surface area contributed by atoms with Crippen LogP contribution in [-0.4, -0.2) is 41.6 Å². The van der Waals surface area contributed by atoms with Crippen LogP contribution in [0.25, 0.3) is 0 Å². The highest BCUT2D eigenvalue weighted by atomic mass is 16.6. The molecule has 0 radical (unpaired) electrons. The van der Waals surface area contributed by atoms with Crippen LogP contribution in [0.15, 0.2) is 12.1 Å². The maximum Gasteiger partial charge on any atom is 0.410 e. The third-order valence-electron chi connectivity index (χ3n) is 5.35. The van der Waals surface area contributed by atoms with Crippen LogP contribution in [0.3, 0.4) is 0 Å². The molecule has 2 heterocycles. The summed E-state index contributed by atoms with van der Waals surface area (Å²) in [5.74, 6) is 0.788. The average Bonchev–Trinajstić information content (AvgIpc) is 3.24. The number of aryl methyl sites for hydroxylation is 1. The van der Waals surface area contributed by atoms with E-state index in [0.717, 1.165) is 16.7 Å². The number of likely N-dealkylation sites (tertiary alicyclic amines) is 1. The Hall–Kier alpha value is -2.04. The molecule has 3 aliphatic rings. The molecule has 1 aliphatic carbocycles. The van der Waals surface area contributed by atoms with E-state index < -0.39 is 5.60 Å². The summed E-state index contributed by atoms with van der Waals surface area (Å²) in [4.78, 5) is 26.8. The fraction of sp³-hybridized carbons (Fsp3) is 0.600. The Morgan fingerprint density at radius 1 is 1.24 bits per heavy atom. The van der Waals surface area contributed by atoms with Gasteiger partial charge in [0.05, 0.1) is 6.04 Å². The van der Waals surface area contributed by atoms with Gasteiger partial charge in [-0.2, -0.15) is 0 Å². The maximum absolute atomic E-state index is 12.6. The van der Waals surface area contributed by atoms with E-state index in [1.165, 1.54) is 18.4 Å². The van der Waals surface area contributed by atoms with Gasteiger partial charge in [0.1, 0.15) is 5.60 Å². The number of hydrogen-bond acceptors (Lipinski definition) is 3. The molecule has 5 heteroatoms. The van der Waals surface area contributed by atoms with Crippen LogP contribution in [0.2, 0.25) is 0 Å². The summed E-state index contributed by atoms with van der Waals surface area (Å²) in [6.07, 6.45) is 2.18. The average molecular weight is 342 g/mol. The molecule has 134 valence electrons. The molecule has 1 aromatic carbocycles. The lowest BCUT2D eigenvalue weighted by Crippen LogP contribution is -2.45. The molecule has 0 aromatic heterocycles. The molecular weight excluding hydrogens is 316 g/mol. The van der Waals surface area contributed by atoms with Crippen molar-refractivity contribution in [3.63, 3.8) is 0 Å². The van der Waals surface area contributed by atoms with E-state index in [2.05, 4.69) is 17.4 Å². The number of benzene rings is 1. The first-order valence-electron chi connectivity index (χ1n) is 9.16. The Labute approximate surface area is 148 Å². The fourth-order valence-electron chi connectivity index (χ4n) is 4.08. The largest absolute Gasteiger partial charge is 0.444 e. The second-order valence-corrected chi connectivity index (χ2v) is 8.65. The van der Waals surface area contributed by atoms with Crippen LogP contribution in [0.5, 0.6) is 0 Å². The zero-order valence-corrected chi connectivity index (χ0v) is 15.4. The summed E-state index contributed by atoms with van der Waals surface area (Å²) in [6.45, 7) is 8.74. The van der Waals surface area contributed by atoms with Crippen molar-refractivity contribution in [1.82, 2.24) is 10.2 Å². The molecule has 1 aromatic rings. The number of carbonyl (C=O) groups excluding carboxylic acids is 2. The lowest BCUT2D eigenvalue weighted by molar-refractivity contribution is 0.0288. The molecule has 1 N–H and O–H groups in total. The predicted octanol–water partition coefficient (Wildman–Crippen LogP) is 3.32. The smallest absolute Gasteiger partial charge is 0.410 e. The number of fused-ring (bicyclic) bond motifs is 3. The summed E-state index contributed by atoms with van der Waals surface area (Å²) in [5, 5.41) is 3.10. The third-order valence-corrected chi connectivity index (χ3v) is 5.35. The minimum Gasteiger partial charge on any atom is -0.444 e. The maximum atomic E-state index is 12.6. The van der Waals surface area contributed by atoms with Gasteiger partial charge in [0.2, 0.25) is 0 Å². The van der Waals surface area contributed by atoms with E-state index in [1.54, 1.807) is 4.90 Å². The molecule has 0 bridgehead atoms.